The molecule has 2 aromatic rings. The zero-order valence-electron chi connectivity index (χ0n) is 25.8. The van der Waals surface area contributed by atoms with Gasteiger partial charge in [0, 0.05) is 61.5 Å². The zero-order valence-corrected chi connectivity index (χ0v) is 30.2. The fraction of sp³-hybridized carbons (Fsp3) is 0.600. The summed E-state index contributed by atoms with van der Waals surface area (Å²) in [5.41, 5.74) is 2.71. The molecule has 41 heavy (non-hydrogen) atoms. The second-order valence-electron chi connectivity index (χ2n) is 9.12. The molecule has 2 rings (SSSR count). The van der Waals surface area contributed by atoms with Crippen LogP contribution < -0.4 is 0 Å². The molecule has 0 N–H and O–H groups in total. The molecule has 2 aromatic carbocycles. The minimum Gasteiger partial charge on any atom is -0.374 e. The van der Waals surface area contributed by atoms with Gasteiger partial charge in [0.15, 0.2) is 0 Å². The molecule has 0 fully saturated rings. The molecule has 0 saturated heterocycles. The summed E-state index contributed by atoms with van der Waals surface area (Å²) in [4.78, 5) is 2.61. The molecule has 0 spiro atoms. The lowest BCUT2D eigenvalue weighted by atomic mass is 10.1. The SMILES string of the molecule is CCO[Si](CCCc1ccccc1SSSc1ccccc1CCC[Si](OCC)(OCC)OCC)(OCC)OCC. The molecule has 0 heterocycles. The predicted molar refractivity (Wildman–Crippen MR) is 180 cm³/mol. The number of aryl methyl sites for hydroxylation is 2. The normalized spacial score (nSPS) is 12.2. The van der Waals surface area contributed by atoms with Gasteiger partial charge in [-0.05, 0) is 122 Å². The lowest BCUT2D eigenvalue weighted by molar-refractivity contribution is 0.0700. The summed E-state index contributed by atoms with van der Waals surface area (Å²) in [6, 6.07) is 19.1. The largest absolute Gasteiger partial charge is 0.500 e. The van der Waals surface area contributed by atoms with Crippen LogP contribution in [0.2, 0.25) is 12.1 Å². The second kappa shape index (κ2) is 21.4. The van der Waals surface area contributed by atoms with Gasteiger partial charge in [-0.2, -0.15) is 0 Å². The first kappa shape index (κ1) is 36.9. The van der Waals surface area contributed by atoms with E-state index in [4.69, 9.17) is 26.6 Å². The molecule has 0 radical (unpaired) electrons. The van der Waals surface area contributed by atoms with Crippen LogP contribution in [0.25, 0.3) is 0 Å². The maximum absolute atomic E-state index is 6.05. The molecule has 0 bridgehead atoms. The van der Waals surface area contributed by atoms with E-state index in [0.717, 1.165) is 37.8 Å². The van der Waals surface area contributed by atoms with Crippen LogP contribution in [0.15, 0.2) is 58.3 Å². The molecule has 11 heteroatoms. The predicted octanol–water partition coefficient (Wildman–Crippen LogP) is 9.10. The maximum Gasteiger partial charge on any atom is 0.500 e. The Balaban J connectivity index is 1.96. The Labute approximate surface area is 262 Å². The van der Waals surface area contributed by atoms with Gasteiger partial charge in [-0.1, -0.05) is 36.4 Å². The summed E-state index contributed by atoms with van der Waals surface area (Å²) in [7, 11) is 0.245. The Kier molecular flexibility index (Phi) is 19.2. The van der Waals surface area contributed by atoms with E-state index in [1.54, 1.807) is 0 Å². The fourth-order valence-corrected chi connectivity index (χ4v) is 14.0. The van der Waals surface area contributed by atoms with Gasteiger partial charge in [-0.15, -0.1) is 0 Å². The minimum atomic E-state index is -2.62. The van der Waals surface area contributed by atoms with Crippen molar-refractivity contribution in [2.45, 2.75) is 89.1 Å². The lowest BCUT2D eigenvalue weighted by Crippen LogP contribution is -2.46. The van der Waals surface area contributed by atoms with Crippen LogP contribution in [0.5, 0.6) is 0 Å². The van der Waals surface area contributed by atoms with Crippen molar-refractivity contribution in [3.63, 3.8) is 0 Å². The first-order valence-corrected chi connectivity index (χ1v) is 22.4. The molecule has 0 saturated carbocycles. The summed E-state index contributed by atoms with van der Waals surface area (Å²) < 4.78 is 36.3. The van der Waals surface area contributed by atoms with Crippen molar-refractivity contribution < 1.29 is 26.6 Å². The molecule has 0 atom stereocenters. The molecule has 0 aliphatic rings. The highest BCUT2D eigenvalue weighted by Crippen LogP contribution is 2.46. The van der Waals surface area contributed by atoms with E-state index in [2.05, 4.69) is 48.5 Å². The molecule has 0 aliphatic heterocycles. The molecular weight excluding hydrogens is 609 g/mol. The van der Waals surface area contributed by atoms with Crippen molar-refractivity contribution in [3.8, 4) is 0 Å². The van der Waals surface area contributed by atoms with Gasteiger partial charge in [0.1, 0.15) is 0 Å². The standard InChI is InChI=1S/C30H50O6S3Si2/c1-7-31-40(32-8-2,33-9-3)25-17-21-27-19-13-15-23-29(27)37-39-38-30-24-16-14-20-28(30)22-18-26-41(34-10-4,35-11-5)36-12-6/h13-16,19-20,23-24H,7-12,17-18,21-22,25-26H2,1-6H3. The van der Waals surface area contributed by atoms with Crippen LogP contribution in [0.4, 0.5) is 0 Å². The third kappa shape index (κ3) is 13.1. The molecule has 0 unspecified atom stereocenters. The highest BCUT2D eigenvalue weighted by atomic mass is 33.5. The highest BCUT2D eigenvalue weighted by molar-refractivity contribution is 9.09. The average Bonchev–Trinajstić information content (AvgIpc) is 2.95. The Morgan fingerprint density at radius 2 is 0.805 bits per heavy atom. The van der Waals surface area contributed by atoms with Crippen molar-refractivity contribution in [1.29, 1.82) is 0 Å². The van der Waals surface area contributed by atoms with Gasteiger partial charge >= 0.3 is 17.6 Å². The van der Waals surface area contributed by atoms with Crippen LogP contribution >= 0.6 is 31.4 Å². The summed E-state index contributed by atoms with van der Waals surface area (Å²) >= 11 is 0. The second-order valence-corrected chi connectivity index (χ2v) is 18.6. The first-order chi connectivity index (χ1) is 20.0. The van der Waals surface area contributed by atoms with E-state index >= 15 is 0 Å². The van der Waals surface area contributed by atoms with E-state index < -0.39 is 17.6 Å². The first-order valence-electron chi connectivity index (χ1n) is 15.0. The molecule has 0 amide bonds. The van der Waals surface area contributed by atoms with E-state index in [1.165, 1.54) is 20.9 Å². The summed E-state index contributed by atoms with van der Waals surface area (Å²) in [5, 5.41) is 0. The van der Waals surface area contributed by atoms with Gasteiger partial charge in [-0.3, -0.25) is 0 Å². The van der Waals surface area contributed by atoms with E-state index in [9.17, 15) is 0 Å². The third-order valence-electron chi connectivity index (χ3n) is 6.24. The van der Waals surface area contributed by atoms with E-state index in [1.807, 2.05) is 73.0 Å². The van der Waals surface area contributed by atoms with Crippen LogP contribution in [0.1, 0.15) is 65.5 Å². The molecular formula is C30H50O6S3Si2. The number of hydrogen-bond donors (Lipinski definition) is 0. The van der Waals surface area contributed by atoms with Crippen molar-refractivity contribution in [3.05, 3.63) is 59.7 Å². The van der Waals surface area contributed by atoms with Gasteiger partial charge in [0.2, 0.25) is 0 Å². The van der Waals surface area contributed by atoms with Gasteiger partial charge in [-0.25, -0.2) is 0 Å². The van der Waals surface area contributed by atoms with Gasteiger partial charge in [0.25, 0.3) is 0 Å². The van der Waals surface area contributed by atoms with Gasteiger partial charge < -0.3 is 26.6 Å². The molecule has 6 nitrogen and oxygen atoms in total. The monoisotopic (exact) mass is 658 g/mol. The smallest absolute Gasteiger partial charge is 0.374 e. The van der Waals surface area contributed by atoms with Crippen LogP contribution in [-0.2, 0) is 39.4 Å². The highest BCUT2D eigenvalue weighted by Gasteiger charge is 2.40. The Morgan fingerprint density at radius 1 is 0.488 bits per heavy atom. The van der Waals surface area contributed by atoms with Crippen LogP contribution in [-0.4, -0.2) is 57.3 Å². The maximum atomic E-state index is 6.05. The summed E-state index contributed by atoms with van der Waals surface area (Å²) in [5.74, 6) is 0. The minimum absolute atomic E-state index is 0.613. The fourth-order valence-electron chi connectivity index (χ4n) is 4.67. The average molecular weight is 659 g/mol. The van der Waals surface area contributed by atoms with Crippen molar-refractivity contribution in [2.75, 3.05) is 39.6 Å². The summed E-state index contributed by atoms with van der Waals surface area (Å²) in [6.45, 7) is 15.7. The number of rotatable bonds is 24. The quantitative estimate of drug-likeness (QED) is 0.0812. The number of benzene rings is 2. The Hall–Kier alpha value is -0.316. The van der Waals surface area contributed by atoms with Crippen molar-refractivity contribution in [2.24, 2.45) is 0 Å². The van der Waals surface area contributed by atoms with Crippen LogP contribution in [0, 0.1) is 0 Å². The van der Waals surface area contributed by atoms with Gasteiger partial charge in [0.05, 0.1) is 0 Å². The topological polar surface area (TPSA) is 55.4 Å². The number of hydrogen-bond acceptors (Lipinski definition) is 9. The Morgan fingerprint density at radius 3 is 1.12 bits per heavy atom. The van der Waals surface area contributed by atoms with Crippen molar-refractivity contribution >= 4 is 49.0 Å². The van der Waals surface area contributed by atoms with Crippen LogP contribution in [0.3, 0.4) is 0 Å². The summed E-state index contributed by atoms with van der Waals surface area (Å²) in [6.07, 6.45) is 3.89. The van der Waals surface area contributed by atoms with E-state index in [0.29, 0.717) is 39.6 Å². The molecule has 0 aromatic heterocycles. The van der Waals surface area contributed by atoms with E-state index in [-0.39, 0.29) is 0 Å². The van der Waals surface area contributed by atoms with Crippen molar-refractivity contribution in [1.82, 2.24) is 0 Å². The lowest BCUT2D eigenvalue weighted by Gasteiger charge is -2.28. The Bertz CT molecular complexity index is 862. The molecule has 0 aliphatic carbocycles. The third-order valence-corrected chi connectivity index (χ3v) is 16.5. The molecule has 232 valence electrons. The zero-order chi connectivity index (χ0) is 29.8.